The van der Waals surface area contributed by atoms with E-state index in [4.69, 9.17) is 5.41 Å². The Labute approximate surface area is 164 Å². The number of hydrogen-bond donors (Lipinski definition) is 2. The van der Waals surface area contributed by atoms with Crippen LogP contribution < -0.4 is 0 Å². The number of fused-ring (bicyclic) bond motifs is 1. The van der Waals surface area contributed by atoms with Crippen molar-refractivity contribution in [2.75, 3.05) is 0 Å². The zero-order valence-corrected chi connectivity index (χ0v) is 15.9. The number of nitrogens with one attached hydrogen (secondary N) is 1. The third-order valence-corrected chi connectivity index (χ3v) is 6.17. The van der Waals surface area contributed by atoms with E-state index in [1.54, 1.807) is 11.8 Å². The van der Waals surface area contributed by atoms with E-state index < -0.39 is 0 Å². The van der Waals surface area contributed by atoms with Crippen LogP contribution in [0.1, 0.15) is 35.1 Å². The van der Waals surface area contributed by atoms with Crippen LogP contribution in [0.3, 0.4) is 0 Å². The van der Waals surface area contributed by atoms with Crippen molar-refractivity contribution >= 4 is 18.0 Å². The molecule has 2 N–H and O–H groups in total. The van der Waals surface area contributed by atoms with Gasteiger partial charge in [0.15, 0.2) is 0 Å². The van der Waals surface area contributed by atoms with Crippen LogP contribution in [0.5, 0.6) is 5.88 Å². The van der Waals surface area contributed by atoms with Gasteiger partial charge in [0.2, 0.25) is 5.88 Å². The lowest BCUT2D eigenvalue weighted by Gasteiger charge is -2.21. The zero-order chi connectivity index (χ0) is 18.6. The van der Waals surface area contributed by atoms with Crippen molar-refractivity contribution in [3.8, 4) is 17.0 Å². The molecule has 0 aliphatic heterocycles. The van der Waals surface area contributed by atoms with Crippen LogP contribution >= 0.6 is 11.8 Å². The highest BCUT2D eigenvalue weighted by Crippen LogP contribution is 2.36. The van der Waals surface area contributed by atoms with Crippen LogP contribution in [-0.2, 0) is 18.6 Å². The van der Waals surface area contributed by atoms with Crippen LogP contribution in [-0.4, -0.2) is 16.3 Å². The first-order valence-electron chi connectivity index (χ1n) is 9.28. The molecule has 136 valence electrons. The molecule has 1 heterocycles. The Bertz CT molecular complexity index is 952. The summed E-state index contributed by atoms with van der Waals surface area (Å²) in [6, 6.07) is 19.0. The summed E-state index contributed by atoms with van der Waals surface area (Å²) >= 11 is 1.68. The highest BCUT2D eigenvalue weighted by molar-refractivity contribution is 7.98. The van der Waals surface area contributed by atoms with Gasteiger partial charge in [-0.05, 0) is 53.5 Å². The van der Waals surface area contributed by atoms with Crippen molar-refractivity contribution in [2.24, 2.45) is 0 Å². The number of rotatable bonds is 5. The molecule has 2 aromatic carbocycles. The molecule has 1 aliphatic rings. The number of hydrogen-bond acceptors (Lipinski definition) is 4. The molecule has 0 unspecified atom stereocenters. The molecule has 0 amide bonds. The number of thioether (sulfide) groups is 1. The molecule has 1 aromatic heterocycles. The maximum atomic E-state index is 10.2. The molecule has 0 atom stereocenters. The van der Waals surface area contributed by atoms with Crippen LogP contribution in [0, 0.1) is 5.41 Å². The molecule has 3 nitrogen and oxygen atoms in total. The van der Waals surface area contributed by atoms with Gasteiger partial charge < -0.3 is 10.5 Å². The summed E-state index contributed by atoms with van der Waals surface area (Å²) < 4.78 is 0. The molecule has 0 bridgehead atoms. The van der Waals surface area contributed by atoms with Gasteiger partial charge in [0.1, 0.15) is 5.03 Å². The van der Waals surface area contributed by atoms with E-state index in [2.05, 4.69) is 53.5 Å². The molecule has 27 heavy (non-hydrogen) atoms. The van der Waals surface area contributed by atoms with Gasteiger partial charge in [-0.2, -0.15) is 0 Å². The van der Waals surface area contributed by atoms with Gasteiger partial charge in [0.25, 0.3) is 0 Å². The zero-order valence-electron chi connectivity index (χ0n) is 15.1. The molecule has 3 aromatic rings. The smallest absolute Gasteiger partial charge is 0.221 e. The van der Waals surface area contributed by atoms with Crippen LogP contribution in [0.4, 0.5) is 0 Å². The summed E-state index contributed by atoms with van der Waals surface area (Å²) in [4.78, 5) is 4.40. The average molecular weight is 375 g/mol. The highest BCUT2D eigenvalue weighted by Gasteiger charge is 2.21. The predicted octanol–water partition coefficient (Wildman–Crippen LogP) is 5.62. The minimum Gasteiger partial charge on any atom is -0.493 e. The van der Waals surface area contributed by atoms with Crippen molar-refractivity contribution < 1.29 is 5.11 Å². The molecule has 1 aliphatic carbocycles. The van der Waals surface area contributed by atoms with E-state index in [1.165, 1.54) is 28.5 Å². The van der Waals surface area contributed by atoms with E-state index in [0.717, 1.165) is 42.0 Å². The quantitative estimate of drug-likeness (QED) is 0.450. The first-order chi connectivity index (χ1) is 13.3. The molecule has 0 saturated carbocycles. The fourth-order valence-corrected chi connectivity index (χ4v) is 4.69. The fourth-order valence-electron chi connectivity index (χ4n) is 3.64. The standard InChI is InChI=1S/C23H22N2OS/c24-14-21-19-8-4-5-9-20(19)23(25-22(21)26)27-15-16-10-12-18(13-11-16)17-6-2-1-3-7-17/h1-3,6-7,10-14,24H,4-5,8-9,15H2,(H,25,26). The van der Waals surface area contributed by atoms with Crippen molar-refractivity contribution in [1.29, 1.82) is 5.41 Å². The monoisotopic (exact) mass is 374 g/mol. The molecule has 4 heteroatoms. The number of aromatic nitrogens is 1. The maximum absolute atomic E-state index is 10.2. The Morgan fingerprint density at radius 1 is 0.926 bits per heavy atom. The van der Waals surface area contributed by atoms with Gasteiger partial charge in [-0.3, -0.25) is 0 Å². The Morgan fingerprint density at radius 3 is 2.30 bits per heavy atom. The Kier molecular flexibility index (Phi) is 5.26. The predicted molar refractivity (Wildman–Crippen MR) is 112 cm³/mol. The van der Waals surface area contributed by atoms with Crippen molar-refractivity contribution in [3.63, 3.8) is 0 Å². The second-order valence-corrected chi connectivity index (χ2v) is 7.78. The summed E-state index contributed by atoms with van der Waals surface area (Å²) in [5.41, 5.74) is 6.62. The van der Waals surface area contributed by atoms with Crippen molar-refractivity contribution in [2.45, 2.75) is 36.5 Å². The lowest BCUT2D eigenvalue weighted by Crippen LogP contribution is -2.10. The van der Waals surface area contributed by atoms with E-state index in [1.807, 2.05) is 6.07 Å². The van der Waals surface area contributed by atoms with E-state index in [9.17, 15) is 5.11 Å². The van der Waals surface area contributed by atoms with E-state index in [-0.39, 0.29) is 5.88 Å². The average Bonchev–Trinajstić information content (AvgIpc) is 2.73. The van der Waals surface area contributed by atoms with Gasteiger partial charge in [-0.1, -0.05) is 54.6 Å². The molecule has 0 spiro atoms. The lowest BCUT2D eigenvalue weighted by atomic mass is 9.90. The number of aromatic hydroxyl groups is 1. The van der Waals surface area contributed by atoms with Crippen molar-refractivity contribution in [1.82, 2.24) is 4.98 Å². The first-order valence-corrected chi connectivity index (χ1v) is 10.3. The number of pyridine rings is 1. The first kappa shape index (κ1) is 17.8. The van der Waals surface area contributed by atoms with Gasteiger partial charge in [0, 0.05) is 12.0 Å². The largest absolute Gasteiger partial charge is 0.493 e. The van der Waals surface area contributed by atoms with Gasteiger partial charge in [0.05, 0.1) is 5.56 Å². The highest BCUT2D eigenvalue weighted by atomic mass is 32.2. The van der Waals surface area contributed by atoms with Gasteiger partial charge >= 0.3 is 0 Å². The summed E-state index contributed by atoms with van der Waals surface area (Å²) in [5.74, 6) is 0.810. The minimum atomic E-state index is -0.00687. The molecule has 4 rings (SSSR count). The second kappa shape index (κ2) is 7.97. The summed E-state index contributed by atoms with van der Waals surface area (Å²) in [5, 5.41) is 18.7. The summed E-state index contributed by atoms with van der Waals surface area (Å²) in [6.45, 7) is 0. The Balaban J connectivity index is 1.54. The second-order valence-electron chi connectivity index (χ2n) is 6.81. The molecular weight excluding hydrogens is 352 g/mol. The third kappa shape index (κ3) is 3.76. The SMILES string of the molecule is N=Cc1c(O)nc(SCc2ccc(-c3ccccc3)cc2)c2c1CCCC2. The maximum Gasteiger partial charge on any atom is 0.221 e. The van der Waals surface area contributed by atoms with Crippen LogP contribution in [0.2, 0.25) is 0 Å². The Morgan fingerprint density at radius 2 is 1.59 bits per heavy atom. The third-order valence-electron chi connectivity index (χ3n) is 5.08. The number of nitrogens with zero attached hydrogens (tertiary/aromatic N) is 1. The van der Waals surface area contributed by atoms with Gasteiger partial charge in [-0.25, -0.2) is 4.98 Å². The minimum absolute atomic E-state index is 0.00687. The normalized spacial score (nSPS) is 13.2. The molecule has 0 saturated heterocycles. The Hall–Kier alpha value is -2.59. The molecule has 0 fully saturated rings. The van der Waals surface area contributed by atoms with E-state index >= 15 is 0 Å². The van der Waals surface area contributed by atoms with Gasteiger partial charge in [-0.15, -0.1) is 11.8 Å². The lowest BCUT2D eigenvalue weighted by molar-refractivity contribution is 0.443. The van der Waals surface area contributed by atoms with Crippen LogP contribution in [0.15, 0.2) is 59.6 Å². The number of benzene rings is 2. The van der Waals surface area contributed by atoms with Crippen LogP contribution in [0.25, 0.3) is 11.1 Å². The molecule has 0 radical (unpaired) electrons. The summed E-state index contributed by atoms with van der Waals surface area (Å²) in [7, 11) is 0. The van der Waals surface area contributed by atoms with E-state index in [0.29, 0.717) is 5.56 Å². The molecular formula is C23H22N2OS. The fraction of sp³-hybridized carbons (Fsp3) is 0.217. The topological polar surface area (TPSA) is 57.0 Å². The summed E-state index contributed by atoms with van der Waals surface area (Å²) in [6.07, 6.45) is 5.41. The van der Waals surface area contributed by atoms with Crippen molar-refractivity contribution in [3.05, 3.63) is 76.9 Å².